The molecule has 1 aliphatic carbocycles. The zero-order chi connectivity index (χ0) is 11.8. The van der Waals surface area contributed by atoms with E-state index in [1.807, 2.05) is 0 Å². The Bertz CT molecular complexity index is 447. The minimum atomic E-state index is -0.468. The summed E-state index contributed by atoms with van der Waals surface area (Å²) in [6, 6.07) is 5.58. The Hall–Kier alpha value is -1.63. The molecule has 0 unspecified atom stereocenters. The Labute approximate surface area is 93.1 Å². The summed E-state index contributed by atoms with van der Waals surface area (Å²) in [4.78, 5) is 1.61. The van der Waals surface area contributed by atoms with Crippen LogP contribution in [0.2, 0.25) is 0 Å². The molecule has 1 aromatic rings. The van der Waals surface area contributed by atoms with Crippen molar-refractivity contribution in [1.82, 2.24) is 0 Å². The van der Waals surface area contributed by atoms with Crippen molar-refractivity contribution in [3.63, 3.8) is 0 Å². The summed E-state index contributed by atoms with van der Waals surface area (Å²) < 4.78 is 26.4. The maximum Gasteiger partial charge on any atom is 0.146 e. The van der Waals surface area contributed by atoms with Crippen molar-refractivity contribution in [2.24, 2.45) is 5.41 Å². The van der Waals surface area contributed by atoms with Gasteiger partial charge in [-0.2, -0.15) is 5.26 Å². The topological polar surface area (TPSA) is 27.0 Å². The van der Waals surface area contributed by atoms with Gasteiger partial charge in [-0.25, -0.2) is 8.78 Å². The number of anilines is 1. The summed E-state index contributed by atoms with van der Waals surface area (Å²) >= 11 is 0. The Morgan fingerprint density at radius 3 is 2.69 bits per heavy atom. The molecule has 4 heteroatoms. The van der Waals surface area contributed by atoms with Gasteiger partial charge < -0.3 is 4.90 Å². The van der Waals surface area contributed by atoms with E-state index in [0.29, 0.717) is 6.54 Å². The van der Waals surface area contributed by atoms with Gasteiger partial charge >= 0.3 is 0 Å². The van der Waals surface area contributed by atoms with Crippen LogP contribution in [0, 0.1) is 28.4 Å². The third-order valence-electron chi connectivity index (χ3n) is 2.95. The van der Waals surface area contributed by atoms with Crippen molar-refractivity contribution in [2.45, 2.75) is 12.8 Å². The van der Waals surface area contributed by atoms with E-state index < -0.39 is 11.6 Å². The highest BCUT2D eigenvalue weighted by Crippen LogP contribution is 2.45. The fourth-order valence-electron chi connectivity index (χ4n) is 1.77. The molecule has 0 saturated heterocycles. The maximum atomic E-state index is 13.4. The molecule has 0 bridgehead atoms. The lowest BCUT2D eigenvalue weighted by atomic mass is 10.1. The van der Waals surface area contributed by atoms with Crippen LogP contribution >= 0.6 is 0 Å². The summed E-state index contributed by atoms with van der Waals surface area (Å²) in [6.45, 7) is 0.448. The van der Waals surface area contributed by atoms with Gasteiger partial charge in [0.2, 0.25) is 0 Å². The molecule has 0 amide bonds. The van der Waals surface area contributed by atoms with Gasteiger partial charge in [-0.1, -0.05) is 0 Å². The minimum Gasteiger partial charge on any atom is -0.371 e. The molecule has 0 spiro atoms. The lowest BCUT2D eigenvalue weighted by molar-refractivity contribution is 0.585. The molecule has 0 heterocycles. The minimum absolute atomic E-state index is 0.210. The summed E-state index contributed by atoms with van der Waals surface area (Å²) in [5.41, 5.74) is -0.144. The average Bonchev–Trinajstić information content (AvgIpc) is 3.02. The van der Waals surface area contributed by atoms with Gasteiger partial charge in [0.15, 0.2) is 0 Å². The van der Waals surface area contributed by atoms with E-state index in [9.17, 15) is 8.78 Å². The van der Waals surface area contributed by atoms with E-state index in [0.717, 1.165) is 31.0 Å². The van der Waals surface area contributed by atoms with Gasteiger partial charge in [-0.3, -0.25) is 0 Å². The van der Waals surface area contributed by atoms with Crippen molar-refractivity contribution in [3.8, 4) is 6.07 Å². The van der Waals surface area contributed by atoms with Crippen LogP contribution in [0.3, 0.4) is 0 Å². The molecule has 1 aliphatic rings. The number of benzene rings is 1. The normalized spacial score (nSPS) is 16.6. The summed E-state index contributed by atoms with van der Waals surface area (Å²) in [6.07, 6.45) is 1.68. The molecule has 16 heavy (non-hydrogen) atoms. The number of hydrogen-bond donors (Lipinski definition) is 0. The lowest BCUT2D eigenvalue weighted by Gasteiger charge is -2.22. The molecule has 0 aromatic heterocycles. The first kappa shape index (κ1) is 10.9. The summed E-state index contributed by atoms with van der Waals surface area (Å²) in [7, 11) is 1.68. The molecule has 0 N–H and O–H groups in total. The van der Waals surface area contributed by atoms with Crippen LogP contribution in [0.1, 0.15) is 12.8 Å². The molecule has 1 saturated carbocycles. The Morgan fingerprint density at radius 2 is 2.12 bits per heavy atom. The molecule has 2 rings (SSSR count). The van der Waals surface area contributed by atoms with Crippen molar-refractivity contribution in [2.75, 3.05) is 18.5 Å². The zero-order valence-corrected chi connectivity index (χ0v) is 9.00. The smallest absolute Gasteiger partial charge is 0.146 e. The maximum absolute atomic E-state index is 13.4. The monoisotopic (exact) mass is 222 g/mol. The molecule has 1 aromatic carbocycles. The van der Waals surface area contributed by atoms with Crippen molar-refractivity contribution in [3.05, 3.63) is 29.8 Å². The van der Waals surface area contributed by atoms with Gasteiger partial charge in [-0.05, 0) is 25.0 Å². The highest BCUT2D eigenvalue weighted by Gasteiger charge is 2.44. The second-order valence-corrected chi connectivity index (χ2v) is 4.34. The van der Waals surface area contributed by atoms with Crippen LogP contribution in [0.25, 0.3) is 0 Å². The number of hydrogen-bond acceptors (Lipinski definition) is 2. The van der Waals surface area contributed by atoms with Crippen LogP contribution in [-0.4, -0.2) is 13.6 Å². The van der Waals surface area contributed by atoms with E-state index in [2.05, 4.69) is 6.07 Å². The summed E-state index contributed by atoms with van der Waals surface area (Å²) in [5.74, 6) is -0.928. The van der Waals surface area contributed by atoms with E-state index in [1.165, 1.54) is 0 Å². The number of rotatable bonds is 3. The molecule has 84 valence electrons. The quantitative estimate of drug-likeness (QED) is 0.786. The zero-order valence-electron chi connectivity index (χ0n) is 9.00. The standard InChI is InChI=1S/C12H12F2N2/c1-16(8-12(7-15)4-5-12)11-6-9(13)2-3-10(11)14/h2-3,6H,4-5,8H2,1H3. The van der Waals surface area contributed by atoms with Gasteiger partial charge in [0.05, 0.1) is 17.2 Å². The van der Waals surface area contributed by atoms with Gasteiger partial charge in [0.25, 0.3) is 0 Å². The Kier molecular flexibility index (Phi) is 2.55. The third-order valence-corrected chi connectivity index (χ3v) is 2.95. The first-order valence-electron chi connectivity index (χ1n) is 5.14. The molecule has 0 radical (unpaired) electrons. The van der Waals surface area contributed by atoms with Crippen LogP contribution in [0.5, 0.6) is 0 Å². The van der Waals surface area contributed by atoms with Gasteiger partial charge in [-0.15, -0.1) is 0 Å². The highest BCUT2D eigenvalue weighted by molar-refractivity contribution is 5.48. The molecule has 2 nitrogen and oxygen atoms in total. The average molecular weight is 222 g/mol. The lowest BCUT2D eigenvalue weighted by Crippen LogP contribution is -2.26. The first-order valence-corrected chi connectivity index (χ1v) is 5.14. The molecule has 1 fully saturated rings. The highest BCUT2D eigenvalue weighted by atomic mass is 19.1. The van der Waals surface area contributed by atoms with Crippen molar-refractivity contribution >= 4 is 5.69 Å². The number of halogens is 2. The fraction of sp³-hybridized carbons (Fsp3) is 0.417. The second kappa shape index (κ2) is 3.75. The van der Waals surface area contributed by atoms with Crippen molar-refractivity contribution < 1.29 is 8.78 Å². The predicted molar refractivity (Wildman–Crippen MR) is 56.9 cm³/mol. The SMILES string of the molecule is CN(CC1(C#N)CC1)c1cc(F)ccc1F. The number of nitrogens with zero attached hydrogens (tertiary/aromatic N) is 2. The van der Waals surface area contributed by atoms with E-state index in [-0.39, 0.29) is 11.1 Å². The first-order chi connectivity index (χ1) is 7.56. The van der Waals surface area contributed by atoms with Crippen LogP contribution in [-0.2, 0) is 0 Å². The largest absolute Gasteiger partial charge is 0.371 e. The van der Waals surface area contributed by atoms with Crippen molar-refractivity contribution in [1.29, 1.82) is 5.26 Å². The third kappa shape index (κ3) is 1.99. The number of nitriles is 1. The van der Waals surface area contributed by atoms with Crippen LogP contribution < -0.4 is 4.90 Å². The molecule has 0 aliphatic heterocycles. The Morgan fingerprint density at radius 1 is 1.44 bits per heavy atom. The van der Waals surface area contributed by atoms with Gasteiger partial charge in [0, 0.05) is 19.7 Å². The second-order valence-electron chi connectivity index (χ2n) is 4.34. The summed E-state index contributed by atoms with van der Waals surface area (Å²) in [5, 5.41) is 8.93. The van der Waals surface area contributed by atoms with E-state index in [4.69, 9.17) is 5.26 Å². The molecular weight excluding hydrogens is 210 g/mol. The van der Waals surface area contributed by atoms with Gasteiger partial charge in [0.1, 0.15) is 11.6 Å². The van der Waals surface area contributed by atoms with E-state index >= 15 is 0 Å². The van der Waals surface area contributed by atoms with E-state index in [1.54, 1.807) is 11.9 Å². The Balaban J connectivity index is 2.18. The van der Waals surface area contributed by atoms with Crippen LogP contribution in [0.15, 0.2) is 18.2 Å². The van der Waals surface area contributed by atoms with Crippen LogP contribution in [0.4, 0.5) is 14.5 Å². The molecular formula is C12H12F2N2. The molecule has 0 atom stereocenters. The fourth-order valence-corrected chi connectivity index (χ4v) is 1.77. The predicted octanol–water partition coefficient (Wildman–Crippen LogP) is 2.70.